The molecule has 0 amide bonds. The zero-order valence-corrected chi connectivity index (χ0v) is 13.5. The van der Waals surface area contributed by atoms with Crippen LogP contribution in [-0.4, -0.2) is 17.9 Å². The largest absolute Gasteiger partial charge is 0.507 e. The summed E-state index contributed by atoms with van der Waals surface area (Å²) in [4.78, 5) is 4.77. The summed E-state index contributed by atoms with van der Waals surface area (Å²) in [5, 5.41) is 10.4. The summed E-state index contributed by atoms with van der Waals surface area (Å²) in [6.07, 6.45) is 0. The minimum Gasteiger partial charge on any atom is -0.507 e. The average molecular weight is 317 g/mol. The van der Waals surface area contributed by atoms with Crippen molar-refractivity contribution in [1.82, 2.24) is 0 Å². The number of aromatic hydroxyl groups is 1. The zero-order chi connectivity index (χ0) is 16.8. The third kappa shape index (κ3) is 3.63. The van der Waals surface area contributed by atoms with Gasteiger partial charge in [-0.1, -0.05) is 60.7 Å². The first kappa shape index (κ1) is 15.8. The molecule has 0 aliphatic rings. The Labute approximate surface area is 141 Å². The van der Waals surface area contributed by atoms with Crippen LogP contribution in [0, 0.1) is 0 Å². The van der Waals surface area contributed by atoms with Gasteiger partial charge in [0.2, 0.25) is 0 Å². The highest BCUT2D eigenvalue weighted by Crippen LogP contribution is 2.26. The fourth-order valence-corrected chi connectivity index (χ4v) is 2.52. The Bertz CT molecular complexity index is 827. The minimum absolute atomic E-state index is 0.157. The third-order valence-corrected chi connectivity index (χ3v) is 3.77. The molecule has 3 heteroatoms. The number of rotatable bonds is 5. The molecule has 0 unspecified atom stereocenters. The Kier molecular flexibility index (Phi) is 4.92. The van der Waals surface area contributed by atoms with Gasteiger partial charge in [-0.3, -0.25) is 4.99 Å². The van der Waals surface area contributed by atoms with E-state index in [-0.39, 0.29) is 5.75 Å². The molecule has 0 aliphatic carbocycles. The van der Waals surface area contributed by atoms with Crippen molar-refractivity contribution in [1.29, 1.82) is 0 Å². The van der Waals surface area contributed by atoms with E-state index in [1.807, 2.05) is 72.8 Å². The summed E-state index contributed by atoms with van der Waals surface area (Å²) >= 11 is 0. The van der Waals surface area contributed by atoms with Gasteiger partial charge in [0.1, 0.15) is 11.5 Å². The van der Waals surface area contributed by atoms with E-state index in [4.69, 9.17) is 9.73 Å². The van der Waals surface area contributed by atoms with Crippen LogP contribution in [0.1, 0.15) is 16.7 Å². The molecule has 0 heterocycles. The minimum atomic E-state index is 0.157. The molecule has 0 aliphatic heterocycles. The van der Waals surface area contributed by atoms with E-state index >= 15 is 0 Å². The molecule has 1 N–H and O–H groups in total. The molecule has 3 aromatic rings. The van der Waals surface area contributed by atoms with Crippen molar-refractivity contribution in [3.05, 3.63) is 95.6 Å². The fraction of sp³-hybridized carbons (Fsp3) is 0.0952. The van der Waals surface area contributed by atoms with Crippen molar-refractivity contribution >= 4 is 5.71 Å². The van der Waals surface area contributed by atoms with Crippen LogP contribution < -0.4 is 4.74 Å². The molecule has 0 radical (unpaired) electrons. The van der Waals surface area contributed by atoms with Crippen molar-refractivity contribution in [2.24, 2.45) is 4.99 Å². The number of phenolic OH excluding ortho intramolecular Hbond substituents is 1. The summed E-state index contributed by atoms with van der Waals surface area (Å²) in [7, 11) is 1.58. The second-order valence-electron chi connectivity index (χ2n) is 5.40. The molecule has 0 bridgehead atoms. The van der Waals surface area contributed by atoms with Crippen LogP contribution in [0.2, 0.25) is 0 Å². The van der Waals surface area contributed by atoms with Crippen LogP contribution in [0.25, 0.3) is 0 Å². The smallest absolute Gasteiger partial charge is 0.128 e. The number of hydrogen-bond donors (Lipinski definition) is 1. The van der Waals surface area contributed by atoms with E-state index in [1.54, 1.807) is 13.2 Å². The molecule has 3 aromatic carbocycles. The monoisotopic (exact) mass is 317 g/mol. The van der Waals surface area contributed by atoms with Crippen molar-refractivity contribution in [2.45, 2.75) is 6.54 Å². The quantitative estimate of drug-likeness (QED) is 0.707. The van der Waals surface area contributed by atoms with Crippen molar-refractivity contribution < 1.29 is 9.84 Å². The second kappa shape index (κ2) is 7.47. The average Bonchev–Trinajstić information content (AvgIpc) is 2.64. The number of hydrogen-bond acceptors (Lipinski definition) is 3. The maximum atomic E-state index is 10.4. The molecule has 0 saturated heterocycles. The van der Waals surface area contributed by atoms with Crippen LogP contribution in [0.15, 0.2) is 83.9 Å². The second-order valence-corrected chi connectivity index (χ2v) is 5.40. The molecule has 0 spiro atoms. The molecular formula is C21H19NO2. The third-order valence-electron chi connectivity index (χ3n) is 3.77. The van der Waals surface area contributed by atoms with Crippen LogP contribution in [0.4, 0.5) is 0 Å². The van der Waals surface area contributed by atoms with Crippen LogP contribution in [-0.2, 0) is 6.54 Å². The van der Waals surface area contributed by atoms with Crippen molar-refractivity contribution in [2.75, 3.05) is 7.11 Å². The zero-order valence-electron chi connectivity index (χ0n) is 13.5. The highest BCUT2D eigenvalue weighted by atomic mass is 16.5. The highest BCUT2D eigenvalue weighted by Gasteiger charge is 2.12. The number of aliphatic imine (C=N–C) groups is 1. The molecule has 120 valence electrons. The fourth-order valence-electron chi connectivity index (χ4n) is 2.52. The summed E-state index contributed by atoms with van der Waals surface area (Å²) in [5.41, 5.74) is 3.55. The Hall–Kier alpha value is -3.07. The first-order chi connectivity index (χ1) is 11.8. The summed E-state index contributed by atoms with van der Waals surface area (Å²) in [5.74, 6) is 0.775. The van der Waals surface area contributed by atoms with E-state index < -0.39 is 0 Å². The molecule has 3 rings (SSSR count). The number of phenols is 1. The lowest BCUT2D eigenvalue weighted by atomic mass is 10.0. The topological polar surface area (TPSA) is 41.8 Å². The van der Waals surface area contributed by atoms with Gasteiger partial charge in [-0.05, 0) is 17.7 Å². The van der Waals surface area contributed by atoms with E-state index in [1.165, 1.54) is 0 Å². The predicted octanol–water partition coefficient (Wildman–Crippen LogP) is 4.44. The van der Waals surface area contributed by atoms with Crippen LogP contribution >= 0.6 is 0 Å². The van der Waals surface area contributed by atoms with E-state index in [9.17, 15) is 5.11 Å². The first-order valence-corrected chi connectivity index (χ1v) is 7.79. The maximum absolute atomic E-state index is 10.4. The lowest BCUT2D eigenvalue weighted by Crippen LogP contribution is -2.05. The summed E-state index contributed by atoms with van der Waals surface area (Å²) in [6, 6.07) is 25.2. The van der Waals surface area contributed by atoms with Gasteiger partial charge in [0.05, 0.1) is 19.4 Å². The van der Waals surface area contributed by atoms with Gasteiger partial charge in [-0.25, -0.2) is 0 Å². The van der Waals surface area contributed by atoms with E-state index in [0.29, 0.717) is 17.9 Å². The Morgan fingerprint density at radius 1 is 0.917 bits per heavy atom. The predicted molar refractivity (Wildman–Crippen MR) is 96.9 cm³/mol. The standard InChI is InChI=1S/C21H19NO2/c1-24-18-12-13-19(20(23)14-18)21(17-10-6-3-7-11-17)22-15-16-8-4-2-5-9-16/h2-14,23H,15H2,1H3/b22-21+. The van der Waals surface area contributed by atoms with Gasteiger partial charge in [0.25, 0.3) is 0 Å². The van der Waals surface area contributed by atoms with E-state index in [2.05, 4.69) is 0 Å². The van der Waals surface area contributed by atoms with Crippen molar-refractivity contribution in [3.8, 4) is 11.5 Å². The number of methoxy groups -OCH3 is 1. The van der Waals surface area contributed by atoms with Gasteiger partial charge in [-0.15, -0.1) is 0 Å². The van der Waals surface area contributed by atoms with Gasteiger partial charge in [-0.2, -0.15) is 0 Å². The van der Waals surface area contributed by atoms with Crippen LogP contribution in [0.3, 0.4) is 0 Å². The molecule has 3 nitrogen and oxygen atoms in total. The molecule has 24 heavy (non-hydrogen) atoms. The van der Waals surface area contributed by atoms with Crippen molar-refractivity contribution in [3.63, 3.8) is 0 Å². The lowest BCUT2D eigenvalue weighted by Gasteiger charge is -2.11. The van der Waals surface area contributed by atoms with Gasteiger partial charge in [0, 0.05) is 17.2 Å². The number of nitrogens with zero attached hydrogens (tertiary/aromatic N) is 1. The van der Waals surface area contributed by atoms with Gasteiger partial charge in [0.15, 0.2) is 0 Å². The SMILES string of the molecule is COc1ccc(/C(=N/Cc2ccccc2)c2ccccc2)c(O)c1. The molecule has 0 saturated carbocycles. The molecular weight excluding hydrogens is 298 g/mol. The van der Waals surface area contributed by atoms with Gasteiger partial charge >= 0.3 is 0 Å². The maximum Gasteiger partial charge on any atom is 0.128 e. The number of ether oxygens (including phenoxy) is 1. The molecule has 0 fully saturated rings. The Balaban J connectivity index is 2.02. The normalized spacial score (nSPS) is 11.3. The Morgan fingerprint density at radius 3 is 2.21 bits per heavy atom. The number of benzene rings is 3. The van der Waals surface area contributed by atoms with E-state index in [0.717, 1.165) is 16.8 Å². The molecule has 0 aromatic heterocycles. The molecule has 0 atom stereocenters. The Morgan fingerprint density at radius 2 is 1.58 bits per heavy atom. The lowest BCUT2D eigenvalue weighted by molar-refractivity contribution is 0.407. The van der Waals surface area contributed by atoms with Crippen LogP contribution in [0.5, 0.6) is 11.5 Å². The summed E-state index contributed by atoms with van der Waals surface area (Å²) < 4.78 is 5.16. The summed E-state index contributed by atoms with van der Waals surface area (Å²) in [6.45, 7) is 0.552. The van der Waals surface area contributed by atoms with Gasteiger partial charge < -0.3 is 9.84 Å². The first-order valence-electron chi connectivity index (χ1n) is 7.79. The highest BCUT2D eigenvalue weighted by molar-refractivity contribution is 6.14.